The lowest BCUT2D eigenvalue weighted by molar-refractivity contribution is -0.137. The molecule has 1 aromatic carbocycles. The van der Waals surface area contributed by atoms with Gasteiger partial charge in [0.15, 0.2) is 5.76 Å². The lowest BCUT2D eigenvalue weighted by atomic mass is 9.78. The van der Waals surface area contributed by atoms with Crippen molar-refractivity contribution in [1.82, 2.24) is 10.5 Å². The van der Waals surface area contributed by atoms with Crippen LogP contribution in [-0.4, -0.2) is 16.3 Å². The van der Waals surface area contributed by atoms with Crippen molar-refractivity contribution in [2.45, 2.75) is 62.4 Å². The molecule has 2 aliphatic rings. The van der Waals surface area contributed by atoms with Gasteiger partial charge in [-0.25, -0.2) is 0 Å². The van der Waals surface area contributed by atoms with Crippen molar-refractivity contribution in [3.63, 3.8) is 0 Å². The third-order valence-corrected chi connectivity index (χ3v) is 5.31. The molecule has 1 aromatic heterocycles. The minimum Gasteiger partial charge on any atom is -0.385 e. The molecule has 1 aliphatic carbocycles. The molecule has 2 heterocycles. The molecule has 140 valence electrons. The third-order valence-electron chi connectivity index (χ3n) is 5.31. The smallest absolute Gasteiger partial charge is 0.385 e. The Labute approximate surface area is 149 Å². The van der Waals surface area contributed by atoms with Gasteiger partial charge in [0, 0.05) is 24.4 Å². The monoisotopic (exact) mass is 366 g/mol. The van der Waals surface area contributed by atoms with E-state index < -0.39 is 17.3 Å². The van der Waals surface area contributed by atoms with Crippen LogP contribution in [0.25, 0.3) is 0 Å². The highest BCUT2D eigenvalue weighted by Gasteiger charge is 2.41. The van der Waals surface area contributed by atoms with Gasteiger partial charge in [-0.05, 0) is 43.9 Å². The van der Waals surface area contributed by atoms with Crippen molar-refractivity contribution in [1.29, 1.82) is 0 Å². The minimum absolute atomic E-state index is 0.0180. The summed E-state index contributed by atoms with van der Waals surface area (Å²) in [6.45, 7) is 1.94. The first-order chi connectivity index (χ1) is 12.2. The van der Waals surface area contributed by atoms with E-state index in [1.54, 1.807) is 0 Å². The Kier molecular flexibility index (Phi) is 4.11. The van der Waals surface area contributed by atoms with Crippen molar-refractivity contribution in [3.05, 3.63) is 52.9 Å². The standard InChI is InChI=1S/C19H21F3N2O2/c1-11-9-18(25,13-4-6-14(7-5-13)19(20,21)22)10-16(23-11)17-8-15(24-26-17)12-2-3-12/h4-8,11-12,16,23,25H,2-3,9-10H2,1H3/t11-,16-,18?/m0/s1. The zero-order chi connectivity index (χ0) is 18.5. The Balaban J connectivity index is 1.58. The van der Waals surface area contributed by atoms with Gasteiger partial charge in [-0.3, -0.25) is 0 Å². The van der Waals surface area contributed by atoms with Gasteiger partial charge in [-0.15, -0.1) is 0 Å². The molecular formula is C19H21F3N2O2. The van der Waals surface area contributed by atoms with E-state index in [2.05, 4.69) is 10.5 Å². The van der Waals surface area contributed by atoms with Crippen LogP contribution in [0.4, 0.5) is 13.2 Å². The average Bonchev–Trinajstić information content (AvgIpc) is 3.30. The lowest BCUT2D eigenvalue weighted by Gasteiger charge is -2.40. The second kappa shape index (κ2) is 6.09. The molecule has 0 radical (unpaired) electrons. The number of halogens is 3. The highest BCUT2D eigenvalue weighted by molar-refractivity contribution is 5.30. The summed E-state index contributed by atoms with van der Waals surface area (Å²) in [6, 6.07) is 6.47. The summed E-state index contributed by atoms with van der Waals surface area (Å²) in [5.74, 6) is 1.14. The fraction of sp³-hybridized carbons (Fsp3) is 0.526. The van der Waals surface area contributed by atoms with Crippen LogP contribution < -0.4 is 5.32 Å². The number of hydrogen-bond donors (Lipinski definition) is 2. The molecule has 2 N–H and O–H groups in total. The number of hydrogen-bond acceptors (Lipinski definition) is 4. The molecule has 2 fully saturated rings. The number of piperidine rings is 1. The number of alkyl halides is 3. The summed E-state index contributed by atoms with van der Waals surface area (Å²) >= 11 is 0. The molecule has 1 aliphatic heterocycles. The Morgan fingerprint density at radius 1 is 1.19 bits per heavy atom. The minimum atomic E-state index is -4.38. The van der Waals surface area contributed by atoms with Gasteiger partial charge >= 0.3 is 6.18 Å². The summed E-state index contributed by atoms with van der Waals surface area (Å²) in [6.07, 6.45) is -1.41. The number of rotatable bonds is 3. The van der Waals surface area contributed by atoms with Gasteiger partial charge in [0.25, 0.3) is 0 Å². The molecule has 2 aromatic rings. The Morgan fingerprint density at radius 2 is 1.88 bits per heavy atom. The van der Waals surface area contributed by atoms with E-state index >= 15 is 0 Å². The molecule has 26 heavy (non-hydrogen) atoms. The summed E-state index contributed by atoms with van der Waals surface area (Å²) in [5, 5.41) is 18.7. The molecule has 1 unspecified atom stereocenters. The van der Waals surface area contributed by atoms with Gasteiger partial charge in [0.05, 0.1) is 22.9 Å². The number of nitrogens with one attached hydrogen (secondary N) is 1. The Bertz CT molecular complexity index is 783. The highest BCUT2D eigenvalue weighted by Crippen LogP contribution is 2.43. The molecule has 4 rings (SSSR count). The predicted molar refractivity (Wildman–Crippen MR) is 88.4 cm³/mol. The van der Waals surface area contributed by atoms with Crippen LogP contribution in [0.3, 0.4) is 0 Å². The van der Waals surface area contributed by atoms with E-state index in [1.807, 2.05) is 13.0 Å². The first kappa shape index (κ1) is 17.5. The number of benzene rings is 1. The SMILES string of the molecule is C[C@H]1CC(O)(c2ccc(C(F)(F)F)cc2)C[C@@H](c2cc(C3CC3)no2)N1. The summed E-state index contributed by atoms with van der Waals surface area (Å²) in [4.78, 5) is 0. The van der Waals surface area contributed by atoms with Crippen LogP contribution in [0.5, 0.6) is 0 Å². The molecule has 1 saturated heterocycles. The van der Waals surface area contributed by atoms with Crippen LogP contribution in [0, 0.1) is 0 Å². The maximum absolute atomic E-state index is 12.8. The van der Waals surface area contributed by atoms with E-state index in [4.69, 9.17) is 4.52 Å². The largest absolute Gasteiger partial charge is 0.416 e. The third kappa shape index (κ3) is 3.38. The van der Waals surface area contributed by atoms with Gasteiger partial charge < -0.3 is 14.9 Å². The highest BCUT2D eigenvalue weighted by atomic mass is 19.4. The van der Waals surface area contributed by atoms with Crippen LogP contribution >= 0.6 is 0 Å². The average molecular weight is 366 g/mol. The first-order valence-electron chi connectivity index (χ1n) is 8.87. The lowest BCUT2D eigenvalue weighted by Crippen LogP contribution is -2.46. The summed E-state index contributed by atoms with van der Waals surface area (Å²) in [7, 11) is 0. The van der Waals surface area contributed by atoms with E-state index in [9.17, 15) is 18.3 Å². The van der Waals surface area contributed by atoms with E-state index in [-0.39, 0.29) is 12.1 Å². The second-order valence-electron chi connectivity index (χ2n) is 7.56. The van der Waals surface area contributed by atoms with E-state index in [1.165, 1.54) is 12.1 Å². The Hall–Kier alpha value is -1.86. The van der Waals surface area contributed by atoms with E-state index in [0.29, 0.717) is 30.1 Å². The number of aromatic nitrogens is 1. The van der Waals surface area contributed by atoms with Gasteiger partial charge in [-0.1, -0.05) is 17.3 Å². The predicted octanol–water partition coefficient (Wildman–Crippen LogP) is 4.27. The molecule has 7 heteroatoms. The van der Waals surface area contributed by atoms with Crippen molar-refractivity contribution in [3.8, 4) is 0 Å². The molecule has 0 spiro atoms. The fourth-order valence-electron chi connectivity index (χ4n) is 3.82. The quantitative estimate of drug-likeness (QED) is 0.852. The fourth-order valence-corrected chi connectivity index (χ4v) is 3.82. The molecule has 3 atom stereocenters. The van der Waals surface area contributed by atoms with Crippen LogP contribution in [-0.2, 0) is 11.8 Å². The first-order valence-corrected chi connectivity index (χ1v) is 8.87. The molecule has 1 saturated carbocycles. The molecule has 4 nitrogen and oxygen atoms in total. The van der Waals surface area contributed by atoms with Crippen LogP contribution in [0.15, 0.2) is 34.9 Å². The number of nitrogens with zero attached hydrogens (tertiary/aromatic N) is 1. The second-order valence-corrected chi connectivity index (χ2v) is 7.56. The van der Waals surface area contributed by atoms with Crippen LogP contribution in [0.2, 0.25) is 0 Å². The van der Waals surface area contributed by atoms with Gasteiger partial charge in [-0.2, -0.15) is 13.2 Å². The zero-order valence-corrected chi connectivity index (χ0v) is 14.4. The summed E-state index contributed by atoms with van der Waals surface area (Å²) in [5.41, 5.74) is -0.497. The van der Waals surface area contributed by atoms with Crippen molar-refractivity contribution >= 4 is 0 Å². The normalized spacial score (nSPS) is 29.7. The van der Waals surface area contributed by atoms with Crippen molar-refractivity contribution in [2.24, 2.45) is 0 Å². The van der Waals surface area contributed by atoms with E-state index in [0.717, 1.165) is 30.7 Å². The van der Waals surface area contributed by atoms with Crippen LogP contribution in [0.1, 0.15) is 67.1 Å². The Morgan fingerprint density at radius 3 is 2.50 bits per heavy atom. The maximum atomic E-state index is 12.8. The zero-order valence-electron chi connectivity index (χ0n) is 14.4. The number of aliphatic hydroxyl groups is 1. The summed E-state index contributed by atoms with van der Waals surface area (Å²) < 4.78 is 43.8. The van der Waals surface area contributed by atoms with Crippen molar-refractivity contribution in [2.75, 3.05) is 0 Å². The molecule has 0 bridgehead atoms. The maximum Gasteiger partial charge on any atom is 0.416 e. The topological polar surface area (TPSA) is 58.3 Å². The molecule has 0 amide bonds. The van der Waals surface area contributed by atoms with Crippen molar-refractivity contribution < 1.29 is 22.8 Å². The van der Waals surface area contributed by atoms with Gasteiger partial charge in [0.2, 0.25) is 0 Å². The molecular weight excluding hydrogens is 345 g/mol. The van der Waals surface area contributed by atoms with Gasteiger partial charge in [0.1, 0.15) is 0 Å².